The lowest BCUT2D eigenvalue weighted by atomic mass is 10.0. The molecule has 5 heteroatoms. The minimum Gasteiger partial charge on any atom is -0.495 e. The molecule has 1 amide bonds. The third-order valence-electron chi connectivity index (χ3n) is 3.86. The van der Waals surface area contributed by atoms with Crippen molar-refractivity contribution < 1.29 is 14.3 Å². The Bertz CT molecular complexity index is 544. The molecule has 1 aliphatic rings. The number of hydrogen-bond acceptors (Lipinski definition) is 4. The van der Waals surface area contributed by atoms with E-state index >= 15 is 0 Å². The Morgan fingerprint density at radius 2 is 1.91 bits per heavy atom. The molecule has 23 heavy (non-hydrogen) atoms. The summed E-state index contributed by atoms with van der Waals surface area (Å²) in [7, 11) is 1.68. The van der Waals surface area contributed by atoms with Crippen LogP contribution in [0.1, 0.15) is 39.2 Å². The summed E-state index contributed by atoms with van der Waals surface area (Å²) in [5.74, 6) is 0.852. The van der Waals surface area contributed by atoms with Crippen LogP contribution < -0.4 is 10.1 Å². The van der Waals surface area contributed by atoms with Crippen LogP contribution in [0.15, 0.2) is 18.2 Å². The third-order valence-corrected chi connectivity index (χ3v) is 3.86. The first-order valence-electron chi connectivity index (χ1n) is 8.17. The molecule has 0 aliphatic carbocycles. The minimum absolute atomic E-state index is 0.218. The Balaban J connectivity index is 1.90. The lowest BCUT2D eigenvalue weighted by Crippen LogP contribution is -2.44. The molecule has 1 aromatic rings. The number of rotatable bonds is 3. The molecule has 1 N–H and O–H groups in total. The second kappa shape index (κ2) is 7.11. The molecule has 0 bridgehead atoms. The van der Waals surface area contributed by atoms with Crippen molar-refractivity contribution in [3.63, 3.8) is 0 Å². The second-order valence-corrected chi connectivity index (χ2v) is 7.09. The van der Waals surface area contributed by atoms with Gasteiger partial charge >= 0.3 is 6.09 Å². The molecule has 1 fully saturated rings. The molecule has 0 radical (unpaired) electrons. The van der Waals surface area contributed by atoms with Gasteiger partial charge in [0.2, 0.25) is 0 Å². The van der Waals surface area contributed by atoms with Gasteiger partial charge in [0.05, 0.1) is 12.8 Å². The molecule has 1 heterocycles. The van der Waals surface area contributed by atoms with Crippen LogP contribution in [0.4, 0.5) is 10.5 Å². The van der Waals surface area contributed by atoms with Crippen molar-refractivity contribution in [1.29, 1.82) is 0 Å². The van der Waals surface area contributed by atoms with Gasteiger partial charge in [0, 0.05) is 19.1 Å². The quantitative estimate of drug-likeness (QED) is 0.920. The van der Waals surface area contributed by atoms with Gasteiger partial charge in [-0.2, -0.15) is 0 Å². The Labute approximate surface area is 139 Å². The maximum Gasteiger partial charge on any atom is 0.410 e. The number of carbonyl (C=O) groups is 1. The monoisotopic (exact) mass is 320 g/mol. The summed E-state index contributed by atoms with van der Waals surface area (Å²) in [4.78, 5) is 13.9. The molecule has 2 rings (SSSR count). The zero-order chi connectivity index (χ0) is 17.0. The largest absolute Gasteiger partial charge is 0.495 e. The summed E-state index contributed by atoms with van der Waals surface area (Å²) in [5.41, 5.74) is 1.77. The highest BCUT2D eigenvalue weighted by Gasteiger charge is 2.27. The van der Waals surface area contributed by atoms with Gasteiger partial charge < -0.3 is 19.7 Å². The number of piperidine rings is 1. The summed E-state index contributed by atoms with van der Waals surface area (Å²) in [6.45, 7) is 9.16. The SMILES string of the molecule is COc1ccc(C)cc1NC1CCN(C(=O)OC(C)(C)C)CC1. The van der Waals surface area contributed by atoms with E-state index in [0.717, 1.165) is 24.3 Å². The first-order valence-corrected chi connectivity index (χ1v) is 8.17. The van der Waals surface area contributed by atoms with Crippen LogP contribution in [0, 0.1) is 6.92 Å². The molecule has 0 aromatic heterocycles. The van der Waals surface area contributed by atoms with E-state index in [-0.39, 0.29) is 6.09 Å². The van der Waals surface area contributed by atoms with Crippen LogP contribution in [0.3, 0.4) is 0 Å². The molecule has 0 atom stereocenters. The van der Waals surface area contributed by atoms with Crippen LogP contribution >= 0.6 is 0 Å². The van der Waals surface area contributed by atoms with Gasteiger partial charge in [-0.15, -0.1) is 0 Å². The summed E-state index contributed by atoms with van der Waals surface area (Å²) in [5, 5.41) is 3.55. The third kappa shape index (κ3) is 5.05. The fourth-order valence-electron chi connectivity index (χ4n) is 2.69. The zero-order valence-electron chi connectivity index (χ0n) is 14.8. The van der Waals surface area contributed by atoms with E-state index in [0.29, 0.717) is 19.1 Å². The molecule has 0 unspecified atom stereocenters. The molecular formula is C18H28N2O3. The Morgan fingerprint density at radius 1 is 1.26 bits per heavy atom. The van der Waals surface area contributed by atoms with Gasteiger partial charge in [0.15, 0.2) is 0 Å². The van der Waals surface area contributed by atoms with Crippen LogP contribution in [0.2, 0.25) is 0 Å². The van der Waals surface area contributed by atoms with Gasteiger partial charge in [-0.25, -0.2) is 4.79 Å². The van der Waals surface area contributed by atoms with Crippen molar-refractivity contribution in [2.45, 2.75) is 52.2 Å². The van der Waals surface area contributed by atoms with E-state index in [1.165, 1.54) is 5.56 Å². The maximum atomic E-state index is 12.1. The van der Waals surface area contributed by atoms with E-state index in [1.807, 2.05) is 32.9 Å². The van der Waals surface area contributed by atoms with Gasteiger partial charge in [0.25, 0.3) is 0 Å². The number of aryl methyl sites for hydroxylation is 1. The van der Waals surface area contributed by atoms with Crippen molar-refractivity contribution in [3.8, 4) is 5.75 Å². The highest BCUT2D eigenvalue weighted by molar-refractivity contribution is 5.68. The van der Waals surface area contributed by atoms with Gasteiger partial charge in [0.1, 0.15) is 11.4 Å². The number of nitrogens with zero attached hydrogens (tertiary/aromatic N) is 1. The molecule has 0 saturated carbocycles. The Kier molecular flexibility index (Phi) is 5.39. The number of amides is 1. The molecular weight excluding hydrogens is 292 g/mol. The van der Waals surface area contributed by atoms with E-state index in [2.05, 4.69) is 18.3 Å². The maximum absolute atomic E-state index is 12.1. The van der Waals surface area contributed by atoms with Crippen LogP contribution in [-0.2, 0) is 4.74 Å². The van der Waals surface area contributed by atoms with Gasteiger partial charge in [-0.1, -0.05) is 6.07 Å². The van der Waals surface area contributed by atoms with Crippen LogP contribution in [-0.4, -0.2) is 42.8 Å². The Hall–Kier alpha value is -1.91. The standard InChI is InChI=1S/C18H28N2O3/c1-13-6-7-16(22-5)15(12-13)19-14-8-10-20(11-9-14)17(21)23-18(2,3)4/h6-7,12,14,19H,8-11H2,1-5H3. The number of carbonyl (C=O) groups excluding carboxylic acids is 1. The normalized spacial score (nSPS) is 16.1. The van der Waals surface area contributed by atoms with Crippen molar-refractivity contribution >= 4 is 11.8 Å². The molecule has 0 spiro atoms. The van der Waals surface area contributed by atoms with E-state index < -0.39 is 5.60 Å². The first-order chi connectivity index (χ1) is 10.8. The van der Waals surface area contributed by atoms with Crippen molar-refractivity contribution in [3.05, 3.63) is 23.8 Å². The smallest absolute Gasteiger partial charge is 0.410 e. The van der Waals surface area contributed by atoms with Crippen LogP contribution in [0.5, 0.6) is 5.75 Å². The second-order valence-electron chi connectivity index (χ2n) is 7.09. The average molecular weight is 320 g/mol. The van der Waals surface area contributed by atoms with E-state index in [1.54, 1.807) is 12.0 Å². The molecule has 1 aromatic carbocycles. The summed E-state index contributed by atoms with van der Waals surface area (Å²) in [6, 6.07) is 6.45. The van der Waals surface area contributed by atoms with Crippen molar-refractivity contribution in [2.24, 2.45) is 0 Å². The molecule has 1 aliphatic heterocycles. The minimum atomic E-state index is -0.443. The lowest BCUT2D eigenvalue weighted by molar-refractivity contribution is 0.0210. The van der Waals surface area contributed by atoms with Gasteiger partial charge in [-0.05, 0) is 58.2 Å². The average Bonchev–Trinajstić information content (AvgIpc) is 2.46. The van der Waals surface area contributed by atoms with Gasteiger partial charge in [-0.3, -0.25) is 0 Å². The number of hydrogen-bond donors (Lipinski definition) is 1. The zero-order valence-corrected chi connectivity index (χ0v) is 14.8. The number of benzene rings is 1. The predicted octanol–water partition coefficient (Wildman–Crippen LogP) is 3.82. The number of ether oxygens (including phenoxy) is 2. The number of likely N-dealkylation sites (tertiary alicyclic amines) is 1. The first kappa shape index (κ1) is 17.4. The fourth-order valence-corrected chi connectivity index (χ4v) is 2.69. The number of methoxy groups -OCH3 is 1. The number of nitrogens with one attached hydrogen (secondary N) is 1. The van der Waals surface area contributed by atoms with E-state index in [9.17, 15) is 4.79 Å². The molecule has 1 saturated heterocycles. The van der Waals surface area contributed by atoms with Crippen LogP contribution in [0.25, 0.3) is 0 Å². The highest BCUT2D eigenvalue weighted by atomic mass is 16.6. The lowest BCUT2D eigenvalue weighted by Gasteiger charge is -2.34. The van der Waals surface area contributed by atoms with E-state index in [4.69, 9.17) is 9.47 Å². The van der Waals surface area contributed by atoms with Crippen molar-refractivity contribution in [1.82, 2.24) is 4.90 Å². The summed E-state index contributed by atoms with van der Waals surface area (Å²) in [6.07, 6.45) is 1.58. The summed E-state index contributed by atoms with van der Waals surface area (Å²) < 4.78 is 10.8. The molecule has 128 valence electrons. The Morgan fingerprint density at radius 3 is 2.48 bits per heavy atom. The fraction of sp³-hybridized carbons (Fsp3) is 0.611. The topological polar surface area (TPSA) is 50.8 Å². The highest BCUT2D eigenvalue weighted by Crippen LogP contribution is 2.28. The molecule has 5 nitrogen and oxygen atoms in total. The summed E-state index contributed by atoms with van der Waals surface area (Å²) >= 11 is 0. The predicted molar refractivity (Wildman–Crippen MR) is 92.2 cm³/mol. The number of anilines is 1. The van der Waals surface area contributed by atoms with Crippen molar-refractivity contribution in [2.75, 3.05) is 25.5 Å².